The van der Waals surface area contributed by atoms with E-state index in [4.69, 9.17) is 0 Å². The first-order valence-corrected chi connectivity index (χ1v) is 8.81. The maximum atomic E-state index is 13.0. The Balaban J connectivity index is 1.77. The Morgan fingerprint density at radius 3 is 3.00 bits per heavy atom. The van der Waals surface area contributed by atoms with Crippen molar-refractivity contribution in [3.63, 3.8) is 0 Å². The van der Waals surface area contributed by atoms with Gasteiger partial charge in [-0.1, -0.05) is 32.0 Å². The first kappa shape index (κ1) is 14.8. The van der Waals surface area contributed by atoms with Gasteiger partial charge < -0.3 is 10.2 Å². The quantitative estimate of drug-likeness (QED) is 0.864. The zero-order valence-corrected chi connectivity index (χ0v) is 13.7. The largest absolute Gasteiger partial charge is 0.385 e. The lowest BCUT2D eigenvalue weighted by molar-refractivity contribution is -0.132. The van der Waals surface area contributed by atoms with E-state index < -0.39 is 0 Å². The van der Waals surface area contributed by atoms with Crippen molar-refractivity contribution >= 4 is 23.4 Å². The zero-order chi connectivity index (χ0) is 14.9. The summed E-state index contributed by atoms with van der Waals surface area (Å²) < 4.78 is 0.293. The summed E-state index contributed by atoms with van der Waals surface area (Å²) in [5, 5.41) is 3.40. The van der Waals surface area contributed by atoms with Crippen LogP contribution in [0.4, 0.5) is 5.69 Å². The highest BCUT2D eigenvalue weighted by atomic mass is 32.2. The van der Waals surface area contributed by atoms with Crippen molar-refractivity contribution in [3.05, 3.63) is 29.8 Å². The summed E-state index contributed by atoms with van der Waals surface area (Å²) in [6.45, 7) is 7.24. The smallest absolute Gasteiger partial charge is 0.230 e. The number of benzene rings is 1. The molecule has 1 amide bonds. The minimum absolute atomic E-state index is 0.0358. The van der Waals surface area contributed by atoms with Gasteiger partial charge in [0.1, 0.15) is 0 Å². The van der Waals surface area contributed by atoms with Gasteiger partial charge in [-0.2, -0.15) is 11.8 Å². The molecule has 2 heterocycles. The van der Waals surface area contributed by atoms with Crippen molar-refractivity contribution in [3.8, 4) is 0 Å². The summed E-state index contributed by atoms with van der Waals surface area (Å²) in [7, 11) is 0. The molecule has 3 rings (SSSR count). The molecule has 1 atom stereocenters. The second-order valence-corrected chi connectivity index (χ2v) is 8.34. The number of para-hydroxylation sites is 1. The van der Waals surface area contributed by atoms with Gasteiger partial charge in [-0.25, -0.2) is 0 Å². The van der Waals surface area contributed by atoms with Gasteiger partial charge in [0.05, 0.1) is 5.92 Å². The lowest BCUT2D eigenvalue weighted by atomic mass is 9.89. The SMILES string of the molecule is CC1(C)CCN(C(=O)C2CCNc3ccccc32)CCS1. The van der Waals surface area contributed by atoms with Crippen LogP contribution < -0.4 is 5.32 Å². The van der Waals surface area contributed by atoms with E-state index in [1.807, 2.05) is 23.9 Å². The number of rotatable bonds is 1. The fraction of sp³-hybridized carbons (Fsp3) is 0.588. The first-order chi connectivity index (χ1) is 10.1. The number of carbonyl (C=O) groups excluding carboxylic acids is 1. The third kappa shape index (κ3) is 3.20. The average Bonchev–Trinajstić information content (AvgIpc) is 2.67. The number of fused-ring (bicyclic) bond motifs is 1. The van der Waals surface area contributed by atoms with Gasteiger partial charge in [-0.3, -0.25) is 4.79 Å². The Hall–Kier alpha value is -1.16. The molecule has 2 aliphatic heterocycles. The van der Waals surface area contributed by atoms with Crippen molar-refractivity contribution in [2.45, 2.75) is 37.4 Å². The third-order valence-electron chi connectivity index (χ3n) is 4.53. The molecule has 0 aliphatic carbocycles. The molecule has 1 aromatic carbocycles. The molecule has 0 spiro atoms. The molecule has 114 valence electrons. The summed E-state index contributed by atoms with van der Waals surface area (Å²) in [5.41, 5.74) is 2.30. The highest BCUT2D eigenvalue weighted by Crippen LogP contribution is 2.35. The van der Waals surface area contributed by atoms with Gasteiger partial charge in [-0.05, 0) is 24.5 Å². The molecule has 1 aromatic rings. The summed E-state index contributed by atoms with van der Waals surface area (Å²) in [6.07, 6.45) is 1.99. The van der Waals surface area contributed by atoms with Gasteiger partial charge in [0.25, 0.3) is 0 Å². The molecule has 1 fully saturated rings. The molecule has 0 aromatic heterocycles. The van der Waals surface area contributed by atoms with E-state index in [2.05, 4.69) is 36.2 Å². The van der Waals surface area contributed by atoms with Gasteiger partial charge in [-0.15, -0.1) is 0 Å². The topological polar surface area (TPSA) is 32.3 Å². The van der Waals surface area contributed by atoms with E-state index in [-0.39, 0.29) is 5.92 Å². The fourth-order valence-electron chi connectivity index (χ4n) is 3.19. The number of nitrogens with zero attached hydrogens (tertiary/aromatic N) is 1. The van der Waals surface area contributed by atoms with E-state index in [1.54, 1.807) is 0 Å². The summed E-state index contributed by atoms with van der Waals surface area (Å²) >= 11 is 1.99. The number of hydrogen-bond acceptors (Lipinski definition) is 3. The van der Waals surface area contributed by atoms with Crippen LogP contribution in [0.15, 0.2) is 24.3 Å². The lowest BCUT2D eigenvalue weighted by Gasteiger charge is -2.31. The first-order valence-electron chi connectivity index (χ1n) is 7.82. The number of amides is 1. The molecule has 0 saturated carbocycles. The molecule has 0 bridgehead atoms. The Kier molecular flexibility index (Phi) is 4.16. The average molecular weight is 304 g/mol. The molecular formula is C17H24N2OS. The minimum atomic E-state index is 0.0358. The van der Waals surface area contributed by atoms with Crippen LogP contribution in [-0.2, 0) is 4.79 Å². The molecule has 3 nitrogen and oxygen atoms in total. The van der Waals surface area contributed by atoms with Gasteiger partial charge in [0.15, 0.2) is 0 Å². The third-order valence-corrected chi connectivity index (χ3v) is 5.90. The van der Waals surface area contributed by atoms with Gasteiger partial charge in [0, 0.05) is 35.8 Å². The number of thioether (sulfide) groups is 1. The van der Waals surface area contributed by atoms with Crippen molar-refractivity contribution in [2.75, 3.05) is 30.7 Å². The second-order valence-electron chi connectivity index (χ2n) is 6.54. The summed E-state index contributed by atoms with van der Waals surface area (Å²) in [6, 6.07) is 8.24. The highest BCUT2D eigenvalue weighted by Gasteiger charge is 2.32. The normalized spacial score (nSPS) is 24.7. The van der Waals surface area contributed by atoms with E-state index >= 15 is 0 Å². The van der Waals surface area contributed by atoms with E-state index in [0.29, 0.717) is 10.7 Å². The lowest BCUT2D eigenvalue weighted by Crippen LogP contribution is -2.39. The molecule has 0 radical (unpaired) electrons. The molecule has 2 aliphatic rings. The van der Waals surface area contributed by atoms with Crippen molar-refractivity contribution in [2.24, 2.45) is 0 Å². The van der Waals surface area contributed by atoms with E-state index in [0.717, 1.165) is 43.9 Å². The summed E-state index contributed by atoms with van der Waals surface area (Å²) in [5.74, 6) is 1.40. The maximum Gasteiger partial charge on any atom is 0.230 e. The van der Waals surface area contributed by atoms with Crippen LogP contribution in [-0.4, -0.2) is 40.9 Å². The standard InChI is InChI=1S/C17H24N2OS/c1-17(2)8-10-19(11-12-21-17)16(20)14-7-9-18-15-6-4-3-5-13(14)15/h3-6,14,18H,7-12H2,1-2H3. The van der Waals surface area contributed by atoms with Crippen LogP contribution in [0.2, 0.25) is 0 Å². The second kappa shape index (κ2) is 5.91. The van der Waals surface area contributed by atoms with Crippen LogP contribution in [0.1, 0.15) is 38.2 Å². The molecule has 21 heavy (non-hydrogen) atoms. The number of carbonyl (C=O) groups is 1. The molecule has 4 heteroatoms. The van der Waals surface area contributed by atoms with Gasteiger partial charge in [0.2, 0.25) is 5.91 Å². The Labute approximate surface area is 131 Å². The Bertz CT molecular complexity index is 529. The number of nitrogens with one attached hydrogen (secondary N) is 1. The van der Waals surface area contributed by atoms with E-state index in [9.17, 15) is 4.79 Å². The highest BCUT2D eigenvalue weighted by molar-refractivity contribution is 8.00. The zero-order valence-electron chi connectivity index (χ0n) is 12.9. The number of hydrogen-bond donors (Lipinski definition) is 1. The van der Waals surface area contributed by atoms with Gasteiger partial charge >= 0.3 is 0 Å². The summed E-state index contributed by atoms with van der Waals surface area (Å²) in [4.78, 5) is 15.1. The van der Waals surface area contributed by atoms with Crippen LogP contribution in [0.25, 0.3) is 0 Å². The van der Waals surface area contributed by atoms with Crippen LogP contribution in [0.5, 0.6) is 0 Å². The molecule has 1 N–H and O–H groups in total. The molecular weight excluding hydrogens is 280 g/mol. The molecule has 1 unspecified atom stereocenters. The predicted octanol–water partition coefficient (Wildman–Crippen LogP) is 3.33. The minimum Gasteiger partial charge on any atom is -0.385 e. The van der Waals surface area contributed by atoms with Crippen LogP contribution >= 0.6 is 11.8 Å². The van der Waals surface area contributed by atoms with Crippen molar-refractivity contribution in [1.29, 1.82) is 0 Å². The monoisotopic (exact) mass is 304 g/mol. The van der Waals surface area contributed by atoms with Crippen molar-refractivity contribution in [1.82, 2.24) is 4.90 Å². The Morgan fingerprint density at radius 2 is 2.14 bits per heavy atom. The Morgan fingerprint density at radius 1 is 1.33 bits per heavy atom. The molecule has 1 saturated heterocycles. The van der Waals surface area contributed by atoms with Crippen LogP contribution in [0.3, 0.4) is 0 Å². The van der Waals surface area contributed by atoms with E-state index in [1.165, 1.54) is 5.56 Å². The van der Waals surface area contributed by atoms with Crippen molar-refractivity contribution < 1.29 is 4.79 Å². The van der Waals surface area contributed by atoms with Crippen LogP contribution in [0, 0.1) is 0 Å². The fourth-order valence-corrected chi connectivity index (χ4v) is 4.29. The maximum absolute atomic E-state index is 13.0. The predicted molar refractivity (Wildman–Crippen MR) is 90.0 cm³/mol. The number of anilines is 1.